The van der Waals surface area contributed by atoms with Gasteiger partial charge in [-0.3, -0.25) is 9.59 Å². The molecule has 0 spiro atoms. The van der Waals surface area contributed by atoms with E-state index >= 15 is 0 Å². The summed E-state index contributed by atoms with van der Waals surface area (Å²) in [5, 5.41) is 19.5. The number of hydrogen-bond acceptors (Lipinski definition) is 5. The zero-order chi connectivity index (χ0) is 17.5. The van der Waals surface area contributed by atoms with E-state index in [2.05, 4.69) is 0 Å². The number of esters is 1. The number of carbonyl (C=O) groups is 3. The Morgan fingerprint density at radius 1 is 1.08 bits per heavy atom. The molecule has 0 atom stereocenters. The van der Waals surface area contributed by atoms with Gasteiger partial charge in [0, 0.05) is 20.0 Å². The van der Waals surface area contributed by atoms with Crippen molar-refractivity contribution < 1.29 is 29.3 Å². The second kappa shape index (κ2) is 6.23. The van der Waals surface area contributed by atoms with Crippen molar-refractivity contribution in [2.75, 3.05) is 26.2 Å². The molecule has 24 heavy (non-hydrogen) atoms. The number of piperidine rings is 1. The quantitative estimate of drug-likeness (QED) is 0.715. The molecule has 0 aromatic carbocycles. The monoisotopic (exact) mass is 340 g/mol. The molecule has 2 heterocycles. The molecule has 2 saturated heterocycles. The molecule has 3 aliphatic rings. The van der Waals surface area contributed by atoms with Crippen LogP contribution in [0.1, 0.15) is 32.6 Å². The number of amides is 2. The molecule has 0 bridgehead atoms. The molecule has 0 unspecified atom stereocenters. The Balaban J connectivity index is 1.42. The first-order valence-corrected chi connectivity index (χ1v) is 8.45. The van der Waals surface area contributed by atoms with E-state index in [0.29, 0.717) is 51.9 Å². The number of likely N-dealkylation sites (tertiary alicyclic amines) is 2. The van der Waals surface area contributed by atoms with Crippen LogP contribution in [0.25, 0.3) is 0 Å². The normalized spacial score (nSPS) is 31.2. The van der Waals surface area contributed by atoms with E-state index in [9.17, 15) is 19.5 Å². The van der Waals surface area contributed by atoms with Gasteiger partial charge in [0.25, 0.3) is 0 Å². The van der Waals surface area contributed by atoms with Crippen LogP contribution in [-0.4, -0.2) is 75.9 Å². The topological polar surface area (TPSA) is 107 Å². The minimum atomic E-state index is -0.880. The first-order chi connectivity index (χ1) is 11.3. The maximum Gasteiger partial charge on any atom is 0.320 e. The molecule has 8 nitrogen and oxygen atoms in total. The fourth-order valence-corrected chi connectivity index (χ4v) is 4.01. The molecule has 3 rings (SSSR count). The van der Waals surface area contributed by atoms with Crippen LogP contribution in [0.2, 0.25) is 0 Å². The molecule has 2 amide bonds. The summed E-state index contributed by atoms with van der Waals surface area (Å²) in [5.74, 6) is -1.55. The summed E-state index contributed by atoms with van der Waals surface area (Å²) in [6.07, 6.45) is 1.81. The SMILES string of the molecule is CC(=O)OC1CN(C(=O)N2CCC(C3(O)CC(C(=O)O)C3)CC2)C1. The third-order valence-electron chi connectivity index (χ3n) is 5.53. The third kappa shape index (κ3) is 3.19. The summed E-state index contributed by atoms with van der Waals surface area (Å²) in [6.45, 7) is 3.36. The minimum absolute atomic E-state index is 0.0548. The highest BCUT2D eigenvalue weighted by Gasteiger charge is 2.51. The lowest BCUT2D eigenvalue weighted by molar-refractivity contribution is -0.169. The van der Waals surface area contributed by atoms with E-state index < -0.39 is 17.5 Å². The highest BCUT2D eigenvalue weighted by Crippen LogP contribution is 2.46. The molecule has 134 valence electrons. The molecule has 0 aromatic rings. The first kappa shape index (κ1) is 17.0. The predicted molar refractivity (Wildman–Crippen MR) is 82.1 cm³/mol. The van der Waals surface area contributed by atoms with Crippen molar-refractivity contribution >= 4 is 18.0 Å². The fraction of sp³-hybridized carbons (Fsp3) is 0.812. The standard InChI is InChI=1S/C16H24N2O6/c1-10(19)24-13-8-18(9-13)15(22)17-4-2-12(3-5-17)16(23)6-11(7-16)14(20)21/h11-13,23H,2-9H2,1H3,(H,20,21). The smallest absolute Gasteiger partial charge is 0.320 e. The van der Waals surface area contributed by atoms with E-state index in [1.807, 2.05) is 0 Å². The minimum Gasteiger partial charge on any atom is -0.481 e. The van der Waals surface area contributed by atoms with Crippen LogP contribution in [0.5, 0.6) is 0 Å². The van der Waals surface area contributed by atoms with Crippen LogP contribution in [0.4, 0.5) is 4.79 Å². The number of hydrogen-bond donors (Lipinski definition) is 2. The van der Waals surface area contributed by atoms with E-state index in [-0.39, 0.29) is 24.0 Å². The Morgan fingerprint density at radius 3 is 2.17 bits per heavy atom. The van der Waals surface area contributed by atoms with Gasteiger partial charge in [-0.25, -0.2) is 4.79 Å². The second-order valence-electron chi connectivity index (χ2n) is 7.23. The zero-order valence-electron chi connectivity index (χ0n) is 13.8. The van der Waals surface area contributed by atoms with Crippen molar-refractivity contribution in [3.63, 3.8) is 0 Å². The van der Waals surface area contributed by atoms with Gasteiger partial charge in [-0.1, -0.05) is 0 Å². The van der Waals surface area contributed by atoms with Gasteiger partial charge in [-0.2, -0.15) is 0 Å². The molecule has 3 fully saturated rings. The highest BCUT2D eigenvalue weighted by molar-refractivity contribution is 5.76. The summed E-state index contributed by atoms with van der Waals surface area (Å²) in [4.78, 5) is 37.5. The average molecular weight is 340 g/mol. The molecule has 0 aromatic heterocycles. The van der Waals surface area contributed by atoms with Gasteiger partial charge in [0.2, 0.25) is 0 Å². The number of ether oxygens (including phenoxy) is 1. The Bertz CT molecular complexity index is 531. The van der Waals surface area contributed by atoms with Gasteiger partial charge in [0.1, 0.15) is 6.10 Å². The van der Waals surface area contributed by atoms with Crippen LogP contribution < -0.4 is 0 Å². The third-order valence-corrected chi connectivity index (χ3v) is 5.53. The lowest BCUT2D eigenvalue weighted by atomic mass is 9.62. The van der Waals surface area contributed by atoms with Gasteiger partial charge >= 0.3 is 18.0 Å². The number of urea groups is 1. The number of carboxylic acids is 1. The molecule has 8 heteroatoms. The zero-order valence-corrected chi connectivity index (χ0v) is 13.8. The van der Waals surface area contributed by atoms with Crippen LogP contribution in [0.15, 0.2) is 0 Å². The van der Waals surface area contributed by atoms with Crippen LogP contribution in [0, 0.1) is 11.8 Å². The number of aliphatic carboxylic acids is 1. The van der Waals surface area contributed by atoms with Crippen LogP contribution in [0.3, 0.4) is 0 Å². The Morgan fingerprint density at radius 2 is 1.67 bits per heavy atom. The Hall–Kier alpha value is -1.83. The van der Waals surface area contributed by atoms with Crippen molar-refractivity contribution in [3.05, 3.63) is 0 Å². The fourth-order valence-electron chi connectivity index (χ4n) is 4.01. The summed E-state index contributed by atoms with van der Waals surface area (Å²) in [7, 11) is 0. The molecule has 1 saturated carbocycles. The predicted octanol–water partition coefficient (Wildman–Crippen LogP) is 0.291. The molecular weight excluding hydrogens is 316 g/mol. The van der Waals surface area contributed by atoms with Crippen LogP contribution in [-0.2, 0) is 14.3 Å². The highest BCUT2D eigenvalue weighted by atomic mass is 16.5. The van der Waals surface area contributed by atoms with Crippen molar-refractivity contribution in [3.8, 4) is 0 Å². The number of carboxylic acid groups (broad SMARTS) is 1. The first-order valence-electron chi connectivity index (χ1n) is 8.45. The van der Waals surface area contributed by atoms with Crippen LogP contribution >= 0.6 is 0 Å². The van der Waals surface area contributed by atoms with Gasteiger partial charge in [0.05, 0.1) is 24.6 Å². The molecule has 2 N–H and O–H groups in total. The number of carbonyl (C=O) groups excluding carboxylic acids is 2. The van der Waals surface area contributed by atoms with Crippen molar-refractivity contribution in [1.82, 2.24) is 9.80 Å². The molecular formula is C16H24N2O6. The summed E-state index contributed by atoms with van der Waals surface area (Å²) in [6, 6.07) is -0.0548. The molecule has 0 radical (unpaired) electrons. The van der Waals surface area contributed by atoms with Crippen molar-refractivity contribution in [2.45, 2.75) is 44.3 Å². The maximum absolute atomic E-state index is 12.4. The van der Waals surface area contributed by atoms with E-state index in [0.717, 1.165) is 0 Å². The van der Waals surface area contributed by atoms with Crippen molar-refractivity contribution in [2.24, 2.45) is 11.8 Å². The van der Waals surface area contributed by atoms with E-state index in [1.54, 1.807) is 9.80 Å². The van der Waals surface area contributed by atoms with Gasteiger partial charge < -0.3 is 24.7 Å². The largest absolute Gasteiger partial charge is 0.481 e. The summed E-state index contributed by atoms with van der Waals surface area (Å²) < 4.78 is 5.03. The summed E-state index contributed by atoms with van der Waals surface area (Å²) >= 11 is 0. The van der Waals surface area contributed by atoms with E-state index in [4.69, 9.17) is 9.84 Å². The Labute approximate surface area is 140 Å². The van der Waals surface area contributed by atoms with Gasteiger partial charge in [-0.05, 0) is 31.6 Å². The van der Waals surface area contributed by atoms with E-state index in [1.165, 1.54) is 6.92 Å². The summed E-state index contributed by atoms with van der Waals surface area (Å²) in [5.41, 5.74) is -0.880. The lowest BCUT2D eigenvalue weighted by Gasteiger charge is -2.50. The van der Waals surface area contributed by atoms with Crippen molar-refractivity contribution in [1.29, 1.82) is 0 Å². The second-order valence-corrected chi connectivity index (χ2v) is 7.23. The average Bonchev–Trinajstić information content (AvgIpc) is 2.46. The van der Waals surface area contributed by atoms with Gasteiger partial charge in [-0.15, -0.1) is 0 Å². The number of aliphatic hydroxyl groups is 1. The maximum atomic E-state index is 12.4. The molecule has 1 aliphatic carbocycles. The number of rotatable bonds is 3. The van der Waals surface area contributed by atoms with Gasteiger partial charge in [0.15, 0.2) is 0 Å². The molecule has 2 aliphatic heterocycles. The Kier molecular flexibility index (Phi) is 4.42. The number of nitrogens with zero attached hydrogens (tertiary/aromatic N) is 2. The lowest BCUT2D eigenvalue weighted by Crippen LogP contribution is -2.61.